The number of hydrogen-bond acceptors (Lipinski definition) is 12. The number of nitrogens with zero attached hydrogens (tertiary/aromatic N) is 5. The largest absolute Gasteiger partial charge is 0.453 e. The molecule has 73 heavy (non-hydrogen) atoms. The Morgan fingerprint density at radius 2 is 1.56 bits per heavy atom. The number of nitrogens with one attached hydrogen (secondary N) is 3. The van der Waals surface area contributed by atoms with Crippen LogP contribution >= 0.6 is 11.6 Å². The van der Waals surface area contributed by atoms with Crippen LogP contribution in [-0.2, 0) is 14.8 Å². The number of allylic oxidation sites excluding steroid dienone is 1. The molecule has 2 aliphatic carbocycles. The fraction of sp³-hybridized carbons (Fsp3) is 0.473. The summed E-state index contributed by atoms with van der Waals surface area (Å²) in [6, 6.07) is 22.2. The molecule has 18 heteroatoms. The zero-order valence-corrected chi connectivity index (χ0v) is 43.3. The van der Waals surface area contributed by atoms with Crippen LogP contribution in [0.3, 0.4) is 0 Å². The zero-order valence-electron chi connectivity index (χ0n) is 41.7. The van der Waals surface area contributed by atoms with Gasteiger partial charge in [0.05, 0.1) is 15.4 Å². The van der Waals surface area contributed by atoms with Crippen molar-refractivity contribution in [3.8, 4) is 11.5 Å². The van der Waals surface area contributed by atoms with E-state index in [4.69, 9.17) is 21.1 Å². The Morgan fingerprint density at radius 1 is 0.863 bits per heavy atom. The number of aromatic amines is 1. The van der Waals surface area contributed by atoms with Crippen LogP contribution in [0.25, 0.3) is 16.5 Å². The Morgan fingerprint density at radius 3 is 2.26 bits per heavy atom. The molecule has 0 bridgehead atoms. The van der Waals surface area contributed by atoms with Gasteiger partial charge in [-0.05, 0) is 123 Å². The van der Waals surface area contributed by atoms with E-state index >= 15 is 4.39 Å². The number of H-pyrrole nitrogens is 1. The maximum Gasteiger partial charge on any atom is 0.293 e. The number of rotatable bonds is 14. The second-order valence-corrected chi connectivity index (χ2v) is 23.4. The molecule has 4 fully saturated rings. The van der Waals surface area contributed by atoms with E-state index in [0.717, 1.165) is 123 Å². The van der Waals surface area contributed by atoms with Crippen LogP contribution in [0, 0.1) is 21.3 Å². The van der Waals surface area contributed by atoms with Gasteiger partial charge in [-0.3, -0.25) is 29.6 Å². The maximum atomic E-state index is 15.6. The quantitative estimate of drug-likeness (QED) is 0.0713. The Bertz CT molecular complexity index is 2960. The van der Waals surface area contributed by atoms with Gasteiger partial charge in [-0.25, -0.2) is 17.5 Å². The molecular weight excluding hydrogens is 971 g/mol. The molecule has 10 rings (SSSR count). The first-order chi connectivity index (χ1) is 35.1. The number of nitro benzene ring substituents is 1. The number of sulfonamides is 1. The average Bonchev–Trinajstić information content (AvgIpc) is 3.85. The van der Waals surface area contributed by atoms with Crippen LogP contribution in [0.15, 0.2) is 95.5 Å². The van der Waals surface area contributed by atoms with E-state index < -0.39 is 37.3 Å². The monoisotopic (exact) mass is 1040 g/mol. The lowest BCUT2D eigenvalue weighted by atomic mass is 9.72. The fourth-order valence-corrected chi connectivity index (χ4v) is 12.8. The normalized spacial score (nSPS) is 21.8. The van der Waals surface area contributed by atoms with Gasteiger partial charge in [-0.1, -0.05) is 43.2 Å². The third-order valence-electron chi connectivity index (χ3n) is 15.9. The van der Waals surface area contributed by atoms with E-state index in [1.165, 1.54) is 47.0 Å². The lowest BCUT2D eigenvalue weighted by Gasteiger charge is -2.45. The van der Waals surface area contributed by atoms with E-state index in [1.807, 2.05) is 12.1 Å². The third-order valence-corrected chi connectivity index (χ3v) is 17.5. The smallest absolute Gasteiger partial charge is 0.293 e. The van der Waals surface area contributed by atoms with Crippen LogP contribution in [0.2, 0.25) is 5.02 Å². The van der Waals surface area contributed by atoms with Gasteiger partial charge in [-0.2, -0.15) is 0 Å². The van der Waals surface area contributed by atoms with E-state index in [2.05, 4.69) is 60.6 Å². The predicted molar refractivity (Wildman–Crippen MR) is 284 cm³/mol. The number of carbonyl (C=O) groups excluding carboxylic acids is 1. The number of fused-ring (bicyclic) bond motifs is 1. The van der Waals surface area contributed by atoms with Crippen molar-refractivity contribution in [3.05, 3.63) is 123 Å². The number of anilines is 2. The Kier molecular flexibility index (Phi) is 15.2. The number of piperazine rings is 2. The molecule has 3 saturated heterocycles. The van der Waals surface area contributed by atoms with Crippen molar-refractivity contribution in [1.82, 2.24) is 24.4 Å². The number of nitro groups is 1. The van der Waals surface area contributed by atoms with Crippen LogP contribution in [0.5, 0.6) is 11.5 Å². The van der Waals surface area contributed by atoms with Crippen molar-refractivity contribution >= 4 is 61.1 Å². The molecule has 388 valence electrons. The highest BCUT2D eigenvalue weighted by molar-refractivity contribution is 7.90. The van der Waals surface area contributed by atoms with Gasteiger partial charge in [0.25, 0.3) is 21.6 Å². The second-order valence-electron chi connectivity index (χ2n) is 21.3. The molecule has 0 radical (unpaired) electrons. The number of aromatic nitrogens is 1. The lowest BCUT2D eigenvalue weighted by Crippen LogP contribution is -2.54. The summed E-state index contributed by atoms with van der Waals surface area (Å²) >= 11 is 6.26. The number of benzene rings is 4. The van der Waals surface area contributed by atoms with Gasteiger partial charge < -0.3 is 24.7 Å². The number of hydrogen-bond donors (Lipinski definition) is 3. The van der Waals surface area contributed by atoms with E-state index in [9.17, 15) is 23.3 Å². The number of halogens is 2. The Hall–Kier alpha value is -5.56. The second kappa shape index (κ2) is 21.7. The van der Waals surface area contributed by atoms with Gasteiger partial charge >= 0.3 is 0 Å². The number of carbonyl (C=O) groups is 1. The van der Waals surface area contributed by atoms with E-state index in [1.54, 1.807) is 24.4 Å². The van der Waals surface area contributed by atoms with Crippen molar-refractivity contribution in [2.75, 3.05) is 82.3 Å². The van der Waals surface area contributed by atoms with E-state index in [0.29, 0.717) is 46.8 Å². The number of amides is 1. The summed E-state index contributed by atoms with van der Waals surface area (Å²) in [7, 11) is -4.65. The molecule has 0 spiro atoms. The van der Waals surface area contributed by atoms with Crippen LogP contribution in [0.1, 0.15) is 87.6 Å². The molecule has 0 atom stereocenters. The first kappa shape index (κ1) is 50.9. The molecule has 5 aromatic rings. The van der Waals surface area contributed by atoms with Gasteiger partial charge in [0.15, 0.2) is 11.6 Å². The summed E-state index contributed by atoms with van der Waals surface area (Å²) < 4.78 is 57.4. The molecule has 3 N–H and O–H groups in total. The molecule has 5 aliphatic rings. The van der Waals surface area contributed by atoms with Crippen molar-refractivity contribution in [3.63, 3.8) is 0 Å². The SMILES string of the molecule is CC1(C)CCC(CN2CCN(c3ccc(C(=O)NS(=O)(=O)c4ccc(N[C@H]5CC[C@H](N6CCN(C7CCOCC7)CC6)CC5)c([N+](=O)[O-])c4)c(Oc4cc5cc[nH]c5cc4F)c3)CC2)=C(c2ccc(Cl)cc2)C1. The van der Waals surface area contributed by atoms with Crippen LogP contribution < -0.4 is 19.7 Å². The minimum Gasteiger partial charge on any atom is -0.453 e. The predicted octanol–water partition coefficient (Wildman–Crippen LogP) is 10.1. The minimum atomic E-state index is -4.65. The van der Waals surface area contributed by atoms with Crippen molar-refractivity contribution in [2.24, 2.45) is 5.41 Å². The molecule has 4 aromatic carbocycles. The summed E-state index contributed by atoms with van der Waals surface area (Å²) in [5.41, 5.74) is 5.16. The fourth-order valence-electron chi connectivity index (χ4n) is 11.6. The van der Waals surface area contributed by atoms with Crippen molar-refractivity contribution in [1.29, 1.82) is 0 Å². The Labute approximate surface area is 432 Å². The molecule has 1 amide bonds. The van der Waals surface area contributed by atoms with Crippen molar-refractivity contribution in [2.45, 2.75) is 94.7 Å². The number of ether oxygens (including phenoxy) is 2. The van der Waals surface area contributed by atoms with Crippen molar-refractivity contribution < 1.29 is 32.0 Å². The maximum absolute atomic E-state index is 15.6. The van der Waals surface area contributed by atoms with Gasteiger partial charge in [0.2, 0.25) is 0 Å². The molecule has 4 heterocycles. The first-order valence-corrected chi connectivity index (χ1v) is 27.7. The molecular formula is C55H66ClFN8O7S. The van der Waals surface area contributed by atoms with Gasteiger partial charge in [-0.15, -0.1) is 0 Å². The lowest BCUT2D eigenvalue weighted by molar-refractivity contribution is -0.384. The van der Waals surface area contributed by atoms with Gasteiger partial charge in [0, 0.05) is 136 Å². The highest BCUT2D eigenvalue weighted by Gasteiger charge is 2.34. The Balaban J connectivity index is 0.814. The average molecular weight is 1040 g/mol. The summed E-state index contributed by atoms with van der Waals surface area (Å²) in [4.78, 5) is 38.3. The molecule has 1 aromatic heterocycles. The molecule has 15 nitrogen and oxygen atoms in total. The molecule has 0 unspecified atom stereocenters. The summed E-state index contributed by atoms with van der Waals surface area (Å²) in [6.07, 6.45) is 10.6. The summed E-state index contributed by atoms with van der Waals surface area (Å²) in [5.74, 6) is -1.93. The summed E-state index contributed by atoms with van der Waals surface area (Å²) in [6.45, 7) is 14.2. The van der Waals surface area contributed by atoms with E-state index in [-0.39, 0.29) is 34.2 Å². The first-order valence-electron chi connectivity index (χ1n) is 25.9. The third kappa shape index (κ3) is 11.9. The summed E-state index contributed by atoms with van der Waals surface area (Å²) in [5, 5.41) is 17.2. The minimum absolute atomic E-state index is 0.0188. The highest BCUT2D eigenvalue weighted by Crippen LogP contribution is 2.44. The highest BCUT2D eigenvalue weighted by atomic mass is 35.5. The standard InChI is InChI=1S/C55H66ClFN8O7S/c1-55(2)19-15-39(47(35-55)37-3-5-40(56)6-4-37)36-61-21-23-64(24-22-61)44-11-13-46(52(32-44)72-53-31-38-16-20-58-50(38)34-48(53)57)54(66)60-73(69,70)45-12-14-49(51(33-45)65(67)68)59-41-7-9-42(10-8-41)62-25-27-63(28-26-62)43-17-29-71-30-18-43/h3-6,11-14,16,20,31-34,41-43,58-59H,7-10,15,17-19,21-30,35-36H2,1-2H3,(H,60,66)/t41-,42-. The van der Waals surface area contributed by atoms with Crippen LogP contribution in [0.4, 0.5) is 21.5 Å². The zero-order chi connectivity index (χ0) is 50.9. The van der Waals surface area contributed by atoms with Crippen LogP contribution in [-0.4, -0.2) is 129 Å². The molecule has 1 saturated carbocycles. The van der Waals surface area contributed by atoms with Gasteiger partial charge in [0.1, 0.15) is 11.4 Å². The topological polar surface area (TPSA) is 166 Å². The molecule has 3 aliphatic heterocycles.